The normalized spacial score (nSPS) is 10.2. The van der Waals surface area contributed by atoms with Crippen LogP contribution in [0.3, 0.4) is 0 Å². The molecule has 2 heteroatoms. The minimum Gasteiger partial charge on any atom is -0.504 e. The van der Waals surface area contributed by atoms with Crippen LogP contribution >= 0.6 is 0 Å². The molecule has 0 aliphatic carbocycles. The Morgan fingerprint density at radius 2 is 1.83 bits per heavy atom. The number of aromatic hydroxyl groups is 2. The molecule has 0 saturated heterocycles. The molecule has 0 aliphatic heterocycles. The Labute approximate surface area is 72.5 Å². The first-order valence-electron chi connectivity index (χ1n) is 4.09. The molecule has 0 aliphatic rings. The summed E-state index contributed by atoms with van der Waals surface area (Å²) in [5.74, 6) is -0.0142. The Morgan fingerprint density at radius 1 is 1.25 bits per heavy atom. The third-order valence-corrected chi connectivity index (χ3v) is 2.23. The molecule has 2 nitrogen and oxygen atoms in total. The second-order valence-electron chi connectivity index (χ2n) is 3.02. The van der Waals surface area contributed by atoms with Gasteiger partial charge in [-0.15, -0.1) is 0 Å². The van der Waals surface area contributed by atoms with Crippen molar-refractivity contribution in [3.05, 3.63) is 22.8 Å². The first-order valence-corrected chi connectivity index (χ1v) is 4.09. The van der Waals surface area contributed by atoms with Gasteiger partial charge in [0, 0.05) is 0 Å². The molecule has 1 aromatic rings. The van der Waals surface area contributed by atoms with Gasteiger partial charge in [-0.3, -0.25) is 0 Å². The molecular formula is C10H14O2. The smallest absolute Gasteiger partial charge is 0.160 e. The first-order chi connectivity index (χ1) is 5.57. The predicted molar refractivity (Wildman–Crippen MR) is 48.6 cm³/mol. The number of rotatable bonds is 1. The Balaban J connectivity index is 3.40. The predicted octanol–water partition coefficient (Wildman–Crippen LogP) is 2.28. The van der Waals surface area contributed by atoms with E-state index in [0.29, 0.717) is 0 Å². The Bertz CT molecular complexity index is 303. The Morgan fingerprint density at radius 3 is 2.33 bits per heavy atom. The summed E-state index contributed by atoms with van der Waals surface area (Å²) in [6.07, 6.45) is 0.880. The van der Waals surface area contributed by atoms with Crippen molar-refractivity contribution in [2.24, 2.45) is 0 Å². The van der Waals surface area contributed by atoms with E-state index in [9.17, 15) is 10.2 Å². The molecule has 1 aromatic carbocycles. The zero-order valence-corrected chi connectivity index (χ0v) is 7.68. The number of hydrogen-bond acceptors (Lipinski definition) is 2. The maximum atomic E-state index is 9.39. The van der Waals surface area contributed by atoms with Crippen LogP contribution in [0.15, 0.2) is 6.07 Å². The number of benzene rings is 1. The standard InChI is InChI=1S/C10H14O2/c1-4-8-6(2)5-9(11)10(12)7(8)3/h5,11-12H,4H2,1-3H3. The van der Waals surface area contributed by atoms with Crippen LogP contribution in [0.4, 0.5) is 0 Å². The molecule has 0 unspecified atom stereocenters. The van der Waals surface area contributed by atoms with Crippen LogP contribution in [0, 0.1) is 13.8 Å². The molecule has 0 spiro atoms. The summed E-state index contributed by atoms with van der Waals surface area (Å²) in [6, 6.07) is 1.60. The second kappa shape index (κ2) is 3.05. The second-order valence-corrected chi connectivity index (χ2v) is 3.02. The number of aryl methyl sites for hydroxylation is 1. The van der Waals surface area contributed by atoms with Gasteiger partial charge < -0.3 is 10.2 Å². The zero-order valence-electron chi connectivity index (χ0n) is 7.68. The molecule has 0 fully saturated rings. The highest BCUT2D eigenvalue weighted by molar-refractivity contribution is 5.51. The molecule has 12 heavy (non-hydrogen) atoms. The average Bonchev–Trinajstić information content (AvgIpc) is 2.01. The van der Waals surface area contributed by atoms with Gasteiger partial charge in [-0.25, -0.2) is 0 Å². The van der Waals surface area contributed by atoms with Gasteiger partial charge in [0.05, 0.1) is 0 Å². The SMILES string of the molecule is CCc1c(C)cc(O)c(O)c1C. The van der Waals surface area contributed by atoms with Gasteiger partial charge in [-0.1, -0.05) is 6.92 Å². The van der Waals surface area contributed by atoms with Crippen molar-refractivity contribution >= 4 is 0 Å². The molecule has 1 rings (SSSR count). The van der Waals surface area contributed by atoms with Crippen molar-refractivity contribution in [3.63, 3.8) is 0 Å². The third-order valence-electron chi connectivity index (χ3n) is 2.23. The highest BCUT2D eigenvalue weighted by Crippen LogP contribution is 2.33. The van der Waals surface area contributed by atoms with E-state index in [2.05, 4.69) is 0 Å². The van der Waals surface area contributed by atoms with Gasteiger partial charge in [0.1, 0.15) is 0 Å². The molecule has 0 bridgehead atoms. The van der Waals surface area contributed by atoms with Crippen LogP contribution < -0.4 is 0 Å². The van der Waals surface area contributed by atoms with Crippen molar-refractivity contribution in [2.45, 2.75) is 27.2 Å². The molecule has 0 atom stereocenters. The van der Waals surface area contributed by atoms with Crippen LogP contribution in [-0.4, -0.2) is 10.2 Å². The minimum atomic E-state index is -0.0257. The van der Waals surface area contributed by atoms with Crippen LogP contribution in [0.25, 0.3) is 0 Å². The van der Waals surface area contributed by atoms with E-state index in [4.69, 9.17) is 0 Å². The number of phenols is 2. The third kappa shape index (κ3) is 1.24. The first kappa shape index (κ1) is 8.91. The maximum Gasteiger partial charge on any atom is 0.160 e. The molecule has 0 radical (unpaired) electrons. The van der Waals surface area contributed by atoms with Crippen LogP contribution in [0.5, 0.6) is 11.5 Å². The minimum absolute atomic E-state index is 0.0115. The quantitative estimate of drug-likeness (QED) is 0.628. The molecule has 66 valence electrons. The molecule has 2 N–H and O–H groups in total. The summed E-state index contributed by atoms with van der Waals surface area (Å²) in [6.45, 7) is 5.79. The number of hydrogen-bond donors (Lipinski definition) is 2. The summed E-state index contributed by atoms with van der Waals surface area (Å²) in [7, 11) is 0. The van der Waals surface area contributed by atoms with Gasteiger partial charge in [-0.2, -0.15) is 0 Å². The Hall–Kier alpha value is -1.18. The van der Waals surface area contributed by atoms with Crippen molar-refractivity contribution in [2.75, 3.05) is 0 Å². The Kier molecular flexibility index (Phi) is 2.27. The summed E-state index contributed by atoms with van der Waals surface area (Å²) >= 11 is 0. The van der Waals surface area contributed by atoms with E-state index in [0.717, 1.165) is 23.1 Å². The lowest BCUT2D eigenvalue weighted by atomic mass is 9.99. The van der Waals surface area contributed by atoms with Crippen molar-refractivity contribution in [3.8, 4) is 11.5 Å². The molecular weight excluding hydrogens is 152 g/mol. The maximum absolute atomic E-state index is 9.39. The fraction of sp³-hybridized carbons (Fsp3) is 0.400. The lowest BCUT2D eigenvalue weighted by Crippen LogP contribution is -1.91. The lowest BCUT2D eigenvalue weighted by molar-refractivity contribution is 0.400. The lowest BCUT2D eigenvalue weighted by Gasteiger charge is -2.10. The van der Waals surface area contributed by atoms with Gasteiger partial charge in [0.2, 0.25) is 0 Å². The van der Waals surface area contributed by atoms with Gasteiger partial charge in [0.25, 0.3) is 0 Å². The van der Waals surface area contributed by atoms with E-state index in [1.807, 2.05) is 20.8 Å². The summed E-state index contributed by atoms with van der Waals surface area (Å²) < 4.78 is 0. The molecule has 0 amide bonds. The fourth-order valence-corrected chi connectivity index (χ4v) is 1.54. The van der Waals surface area contributed by atoms with Gasteiger partial charge in [-0.05, 0) is 43.0 Å². The zero-order chi connectivity index (χ0) is 9.30. The van der Waals surface area contributed by atoms with Crippen molar-refractivity contribution in [1.82, 2.24) is 0 Å². The largest absolute Gasteiger partial charge is 0.504 e. The topological polar surface area (TPSA) is 40.5 Å². The summed E-state index contributed by atoms with van der Waals surface area (Å²) in [4.78, 5) is 0. The van der Waals surface area contributed by atoms with E-state index < -0.39 is 0 Å². The van der Waals surface area contributed by atoms with Gasteiger partial charge >= 0.3 is 0 Å². The monoisotopic (exact) mass is 166 g/mol. The molecule has 0 aromatic heterocycles. The average molecular weight is 166 g/mol. The van der Waals surface area contributed by atoms with E-state index in [1.54, 1.807) is 6.07 Å². The summed E-state index contributed by atoms with van der Waals surface area (Å²) in [5.41, 5.74) is 2.94. The highest BCUT2D eigenvalue weighted by atomic mass is 16.3. The van der Waals surface area contributed by atoms with Crippen LogP contribution in [0.1, 0.15) is 23.6 Å². The number of phenolic OH excluding ortho intramolecular Hbond substituents is 2. The van der Waals surface area contributed by atoms with Gasteiger partial charge in [0.15, 0.2) is 11.5 Å². The molecule has 0 heterocycles. The van der Waals surface area contributed by atoms with Crippen LogP contribution in [0.2, 0.25) is 0 Å². The van der Waals surface area contributed by atoms with E-state index in [-0.39, 0.29) is 11.5 Å². The van der Waals surface area contributed by atoms with Crippen molar-refractivity contribution < 1.29 is 10.2 Å². The van der Waals surface area contributed by atoms with Crippen LogP contribution in [-0.2, 0) is 6.42 Å². The fourth-order valence-electron chi connectivity index (χ4n) is 1.54. The molecule has 0 saturated carbocycles. The van der Waals surface area contributed by atoms with Crippen molar-refractivity contribution in [1.29, 1.82) is 0 Å². The summed E-state index contributed by atoms with van der Waals surface area (Å²) in [5, 5.41) is 18.6. The van der Waals surface area contributed by atoms with E-state index in [1.165, 1.54) is 0 Å². The van der Waals surface area contributed by atoms with E-state index >= 15 is 0 Å². The highest BCUT2D eigenvalue weighted by Gasteiger charge is 2.09.